The molecule has 20 heavy (non-hydrogen) atoms. The van der Waals surface area contributed by atoms with Crippen LogP contribution in [0.25, 0.3) is 0 Å². The van der Waals surface area contributed by atoms with Crippen molar-refractivity contribution in [3.8, 4) is 5.75 Å². The minimum atomic E-state index is -4.48. The van der Waals surface area contributed by atoms with E-state index < -0.39 is 11.9 Å². The zero-order valence-corrected chi connectivity index (χ0v) is 10.9. The van der Waals surface area contributed by atoms with Crippen LogP contribution >= 0.6 is 0 Å². The number of rotatable bonds is 2. The molecule has 0 radical (unpaired) electrons. The topological polar surface area (TPSA) is 37.4 Å². The van der Waals surface area contributed by atoms with Crippen LogP contribution < -0.4 is 10.1 Å². The van der Waals surface area contributed by atoms with Gasteiger partial charge in [-0.3, -0.25) is 4.90 Å². The van der Waals surface area contributed by atoms with E-state index in [0.29, 0.717) is 12.6 Å². The molecule has 1 aromatic heterocycles. The highest BCUT2D eigenvalue weighted by Crippen LogP contribution is 2.35. The van der Waals surface area contributed by atoms with Crippen LogP contribution in [0.1, 0.15) is 12.1 Å². The van der Waals surface area contributed by atoms with Gasteiger partial charge in [0.25, 0.3) is 0 Å². The molecule has 4 nitrogen and oxygen atoms in total. The number of fused-ring (bicyclic) bond motifs is 1. The van der Waals surface area contributed by atoms with E-state index in [1.54, 1.807) is 0 Å². The predicted octanol–water partition coefficient (Wildman–Crippen LogP) is 1.53. The van der Waals surface area contributed by atoms with E-state index in [1.165, 1.54) is 12.1 Å². The van der Waals surface area contributed by atoms with Crippen LogP contribution in [0.5, 0.6) is 5.75 Å². The molecule has 2 aliphatic heterocycles. The lowest BCUT2D eigenvalue weighted by atomic mass is 10.1. The van der Waals surface area contributed by atoms with Crippen LogP contribution in [0.3, 0.4) is 0 Å². The quantitative estimate of drug-likeness (QED) is 0.895. The summed E-state index contributed by atoms with van der Waals surface area (Å²) in [4.78, 5) is 5.68. The normalized spacial score (nSPS) is 27.4. The summed E-state index contributed by atoms with van der Waals surface area (Å²) in [6, 6.07) is 3.17. The summed E-state index contributed by atoms with van der Waals surface area (Å²) >= 11 is 0. The van der Waals surface area contributed by atoms with Gasteiger partial charge in [0.05, 0.1) is 0 Å². The van der Waals surface area contributed by atoms with E-state index in [9.17, 15) is 13.2 Å². The smallest absolute Gasteiger partial charge is 0.437 e. The van der Waals surface area contributed by atoms with Gasteiger partial charge >= 0.3 is 6.18 Å². The second kappa shape index (κ2) is 5.21. The van der Waals surface area contributed by atoms with Gasteiger partial charge in [-0.1, -0.05) is 0 Å². The fraction of sp³-hybridized carbons (Fsp3) is 0.615. The largest absolute Gasteiger partial charge is 0.487 e. The van der Waals surface area contributed by atoms with Crippen molar-refractivity contribution < 1.29 is 17.9 Å². The molecule has 0 saturated carbocycles. The van der Waals surface area contributed by atoms with Crippen LogP contribution in [0, 0.1) is 0 Å². The van der Waals surface area contributed by atoms with E-state index in [4.69, 9.17) is 4.74 Å². The number of hydrogen-bond donors (Lipinski definition) is 1. The number of hydrogen-bond acceptors (Lipinski definition) is 4. The first-order chi connectivity index (χ1) is 9.54. The van der Waals surface area contributed by atoms with Crippen LogP contribution in [-0.2, 0) is 6.18 Å². The number of alkyl halides is 3. The second-order valence-corrected chi connectivity index (χ2v) is 5.18. The SMILES string of the molecule is FC(F)(F)c1ncccc1O[C@@H]1C[C@H]2CNCCN2C1. The molecule has 0 amide bonds. The molecule has 7 heteroatoms. The molecule has 0 spiro atoms. The molecule has 2 fully saturated rings. The first-order valence-corrected chi connectivity index (χ1v) is 6.67. The zero-order valence-electron chi connectivity index (χ0n) is 10.9. The standard InChI is InChI=1S/C13H16F3N3O/c14-13(15,16)12-11(2-1-3-18-12)20-10-6-9-7-17-4-5-19(9)8-10/h1-3,9-10,17H,4-8H2/t9-,10+/m0/s1. The Morgan fingerprint density at radius 1 is 1.40 bits per heavy atom. The summed E-state index contributed by atoms with van der Waals surface area (Å²) in [5.41, 5.74) is -0.942. The maximum absolute atomic E-state index is 12.9. The monoisotopic (exact) mass is 287 g/mol. The van der Waals surface area contributed by atoms with Crippen molar-refractivity contribution in [3.05, 3.63) is 24.0 Å². The van der Waals surface area contributed by atoms with E-state index in [2.05, 4.69) is 15.2 Å². The number of pyridine rings is 1. The molecule has 1 N–H and O–H groups in total. The van der Waals surface area contributed by atoms with Crippen molar-refractivity contribution >= 4 is 0 Å². The van der Waals surface area contributed by atoms with Gasteiger partial charge in [0.2, 0.25) is 0 Å². The second-order valence-electron chi connectivity index (χ2n) is 5.18. The van der Waals surface area contributed by atoms with Crippen molar-refractivity contribution in [2.24, 2.45) is 0 Å². The highest BCUT2D eigenvalue weighted by Gasteiger charge is 2.39. The third-order valence-corrected chi connectivity index (χ3v) is 3.78. The van der Waals surface area contributed by atoms with Crippen LogP contribution in [0.2, 0.25) is 0 Å². The highest BCUT2D eigenvalue weighted by atomic mass is 19.4. The number of nitrogens with zero attached hydrogens (tertiary/aromatic N) is 2. The number of ether oxygens (including phenoxy) is 1. The maximum Gasteiger partial charge on any atom is 0.437 e. The zero-order chi connectivity index (χ0) is 14.2. The van der Waals surface area contributed by atoms with E-state index >= 15 is 0 Å². The number of nitrogens with one attached hydrogen (secondary N) is 1. The van der Waals surface area contributed by atoms with Gasteiger partial charge in [-0.2, -0.15) is 13.2 Å². The lowest BCUT2D eigenvalue weighted by molar-refractivity contribution is -0.142. The summed E-state index contributed by atoms with van der Waals surface area (Å²) in [7, 11) is 0. The van der Waals surface area contributed by atoms with E-state index in [1.807, 2.05) is 0 Å². The Balaban J connectivity index is 1.73. The third-order valence-electron chi connectivity index (χ3n) is 3.78. The Morgan fingerprint density at radius 3 is 3.00 bits per heavy atom. The van der Waals surface area contributed by atoms with Gasteiger partial charge in [0.1, 0.15) is 6.10 Å². The average molecular weight is 287 g/mol. The van der Waals surface area contributed by atoms with Crippen molar-refractivity contribution in [2.45, 2.75) is 24.7 Å². The molecule has 110 valence electrons. The van der Waals surface area contributed by atoms with Crippen LogP contribution in [0.15, 0.2) is 18.3 Å². The van der Waals surface area contributed by atoms with Gasteiger partial charge in [-0.05, 0) is 12.1 Å². The van der Waals surface area contributed by atoms with Gasteiger partial charge in [-0.15, -0.1) is 0 Å². The number of aromatic nitrogens is 1. The average Bonchev–Trinajstić information content (AvgIpc) is 2.80. The lowest BCUT2D eigenvalue weighted by Crippen LogP contribution is -2.47. The van der Waals surface area contributed by atoms with Crippen LogP contribution in [0.4, 0.5) is 13.2 Å². The lowest BCUT2D eigenvalue weighted by Gasteiger charge is -2.29. The van der Waals surface area contributed by atoms with Crippen molar-refractivity contribution in [3.63, 3.8) is 0 Å². The Kier molecular flexibility index (Phi) is 3.55. The fourth-order valence-electron chi connectivity index (χ4n) is 2.88. The van der Waals surface area contributed by atoms with Gasteiger partial charge in [0.15, 0.2) is 11.4 Å². The van der Waals surface area contributed by atoms with E-state index in [-0.39, 0.29) is 11.9 Å². The highest BCUT2D eigenvalue weighted by molar-refractivity contribution is 5.29. The molecular formula is C13H16F3N3O. The summed E-state index contributed by atoms with van der Waals surface area (Å²) in [6.45, 7) is 3.39. The molecular weight excluding hydrogens is 271 g/mol. The Morgan fingerprint density at radius 2 is 2.25 bits per heavy atom. The summed E-state index contributed by atoms with van der Waals surface area (Å²) in [5, 5.41) is 3.29. The summed E-state index contributed by atoms with van der Waals surface area (Å²) in [5.74, 6) is -0.169. The fourth-order valence-corrected chi connectivity index (χ4v) is 2.88. The van der Waals surface area contributed by atoms with Gasteiger partial charge in [0, 0.05) is 44.8 Å². The Labute approximate surface area is 114 Å². The van der Waals surface area contributed by atoms with Gasteiger partial charge in [-0.25, -0.2) is 4.98 Å². The number of piperazine rings is 1. The molecule has 2 saturated heterocycles. The Bertz CT molecular complexity index is 466. The molecule has 3 heterocycles. The van der Waals surface area contributed by atoms with Gasteiger partial charge < -0.3 is 10.1 Å². The first kappa shape index (κ1) is 13.6. The van der Waals surface area contributed by atoms with Crippen LogP contribution in [-0.4, -0.2) is 48.2 Å². The van der Waals surface area contributed by atoms with Crippen molar-refractivity contribution in [2.75, 3.05) is 26.2 Å². The summed E-state index contributed by atoms with van der Waals surface area (Å²) in [6.07, 6.45) is -2.80. The third kappa shape index (κ3) is 2.73. The van der Waals surface area contributed by atoms with E-state index in [0.717, 1.165) is 32.3 Å². The minimum absolute atomic E-state index is 0.169. The summed E-state index contributed by atoms with van der Waals surface area (Å²) < 4.78 is 44.1. The molecule has 1 aromatic rings. The Hall–Kier alpha value is -1.34. The molecule has 3 rings (SSSR count). The maximum atomic E-state index is 12.9. The minimum Gasteiger partial charge on any atom is -0.487 e. The first-order valence-electron chi connectivity index (χ1n) is 6.67. The number of halogens is 3. The molecule has 2 aliphatic rings. The van der Waals surface area contributed by atoms with Crippen molar-refractivity contribution in [1.82, 2.24) is 15.2 Å². The predicted molar refractivity (Wildman–Crippen MR) is 66.5 cm³/mol. The molecule has 0 bridgehead atoms. The molecule has 0 aliphatic carbocycles. The van der Waals surface area contributed by atoms with Crippen molar-refractivity contribution in [1.29, 1.82) is 0 Å². The molecule has 0 unspecified atom stereocenters. The molecule has 2 atom stereocenters. The molecule has 0 aromatic carbocycles.